The Balaban J connectivity index is 2.05. The fraction of sp³-hybridized carbons (Fsp3) is 0.154. The van der Waals surface area contributed by atoms with E-state index in [1.54, 1.807) is 0 Å². The van der Waals surface area contributed by atoms with Gasteiger partial charge in [0.25, 0.3) is 0 Å². The van der Waals surface area contributed by atoms with E-state index in [1.165, 1.54) is 0 Å². The zero-order valence-corrected chi connectivity index (χ0v) is 10.1. The van der Waals surface area contributed by atoms with E-state index in [4.69, 9.17) is 17.3 Å². The van der Waals surface area contributed by atoms with Gasteiger partial charge in [-0.05, 0) is 24.3 Å². The van der Waals surface area contributed by atoms with E-state index in [0.29, 0.717) is 18.1 Å². The molecule has 1 heterocycles. The van der Waals surface area contributed by atoms with E-state index >= 15 is 0 Å². The number of pyridine rings is 1. The average Bonchev–Trinajstić information content (AvgIpc) is 2.38. The monoisotopic (exact) mass is 247 g/mol. The summed E-state index contributed by atoms with van der Waals surface area (Å²) >= 11 is 6.05. The third kappa shape index (κ3) is 3.19. The van der Waals surface area contributed by atoms with Crippen LogP contribution in [0.4, 0.5) is 5.69 Å². The average molecular weight is 248 g/mol. The predicted molar refractivity (Wildman–Crippen MR) is 70.9 cm³/mol. The lowest BCUT2D eigenvalue weighted by Gasteiger charge is -2.08. The Morgan fingerprint density at radius 3 is 2.59 bits per heavy atom. The molecule has 2 rings (SSSR count). The number of rotatable bonds is 4. The molecule has 0 aliphatic rings. The molecule has 1 aromatic carbocycles. The number of para-hydroxylation sites is 1. The van der Waals surface area contributed by atoms with E-state index in [9.17, 15) is 0 Å². The summed E-state index contributed by atoms with van der Waals surface area (Å²) in [6, 6.07) is 13.5. The maximum Gasteiger partial charge on any atom is 0.0637 e. The highest BCUT2D eigenvalue weighted by molar-refractivity contribution is 6.33. The molecular weight excluding hydrogens is 234 g/mol. The SMILES string of the molecule is NCc1cccc(CNc2ccccc2Cl)n1. The van der Waals surface area contributed by atoms with Gasteiger partial charge in [0.05, 0.1) is 28.6 Å². The predicted octanol–water partition coefficient (Wildman–Crippen LogP) is 2.81. The van der Waals surface area contributed by atoms with E-state index in [-0.39, 0.29) is 0 Å². The minimum atomic E-state index is 0.458. The molecule has 0 spiro atoms. The van der Waals surface area contributed by atoms with Crippen molar-refractivity contribution >= 4 is 17.3 Å². The summed E-state index contributed by atoms with van der Waals surface area (Å²) in [7, 11) is 0. The van der Waals surface area contributed by atoms with Crippen LogP contribution in [0, 0.1) is 0 Å². The highest BCUT2D eigenvalue weighted by atomic mass is 35.5. The Kier molecular flexibility index (Phi) is 3.96. The third-order valence-electron chi connectivity index (χ3n) is 2.41. The molecular formula is C13H14ClN3. The van der Waals surface area contributed by atoms with Crippen molar-refractivity contribution in [2.75, 3.05) is 5.32 Å². The molecule has 0 saturated carbocycles. The fourth-order valence-corrected chi connectivity index (χ4v) is 1.73. The number of aromatic nitrogens is 1. The normalized spacial score (nSPS) is 10.2. The lowest BCUT2D eigenvalue weighted by atomic mass is 10.2. The maximum atomic E-state index is 6.05. The van der Waals surface area contributed by atoms with Crippen molar-refractivity contribution in [1.29, 1.82) is 0 Å². The lowest BCUT2D eigenvalue weighted by Crippen LogP contribution is -2.05. The van der Waals surface area contributed by atoms with Crippen molar-refractivity contribution in [2.45, 2.75) is 13.1 Å². The minimum absolute atomic E-state index is 0.458. The molecule has 0 bridgehead atoms. The van der Waals surface area contributed by atoms with E-state index < -0.39 is 0 Å². The number of nitrogens with two attached hydrogens (primary N) is 1. The Morgan fingerprint density at radius 2 is 1.82 bits per heavy atom. The Hall–Kier alpha value is -1.58. The van der Waals surface area contributed by atoms with Crippen LogP contribution in [0.15, 0.2) is 42.5 Å². The lowest BCUT2D eigenvalue weighted by molar-refractivity contribution is 0.937. The highest BCUT2D eigenvalue weighted by Crippen LogP contribution is 2.20. The van der Waals surface area contributed by atoms with E-state index in [1.807, 2.05) is 42.5 Å². The van der Waals surface area contributed by atoms with Crippen LogP contribution in [0.1, 0.15) is 11.4 Å². The van der Waals surface area contributed by atoms with Gasteiger partial charge in [-0.25, -0.2) is 0 Å². The summed E-state index contributed by atoms with van der Waals surface area (Å²) in [4.78, 5) is 4.41. The summed E-state index contributed by atoms with van der Waals surface area (Å²) in [6.45, 7) is 1.09. The van der Waals surface area contributed by atoms with Gasteiger partial charge in [-0.1, -0.05) is 29.8 Å². The van der Waals surface area contributed by atoms with Crippen molar-refractivity contribution in [3.05, 3.63) is 58.9 Å². The van der Waals surface area contributed by atoms with Crippen LogP contribution < -0.4 is 11.1 Å². The molecule has 17 heavy (non-hydrogen) atoms. The van der Waals surface area contributed by atoms with Crippen LogP contribution in [0.25, 0.3) is 0 Å². The van der Waals surface area contributed by atoms with Crippen LogP contribution in [-0.2, 0) is 13.1 Å². The van der Waals surface area contributed by atoms with Gasteiger partial charge in [-0.3, -0.25) is 4.98 Å². The van der Waals surface area contributed by atoms with Gasteiger partial charge in [0, 0.05) is 6.54 Å². The molecule has 1 aromatic heterocycles. The number of nitrogens with zero attached hydrogens (tertiary/aromatic N) is 1. The number of anilines is 1. The standard InChI is InChI=1S/C13H14ClN3/c14-12-6-1-2-7-13(12)16-9-11-5-3-4-10(8-15)17-11/h1-7,16H,8-9,15H2. The number of hydrogen-bond acceptors (Lipinski definition) is 3. The first-order valence-corrected chi connectivity index (χ1v) is 5.80. The van der Waals surface area contributed by atoms with Gasteiger partial charge in [0.2, 0.25) is 0 Å². The van der Waals surface area contributed by atoms with Gasteiger partial charge >= 0.3 is 0 Å². The quantitative estimate of drug-likeness (QED) is 0.874. The maximum absolute atomic E-state index is 6.05. The Bertz CT molecular complexity index is 500. The van der Waals surface area contributed by atoms with Crippen LogP contribution in [-0.4, -0.2) is 4.98 Å². The molecule has 0 aliphatic heterocycles. The number of hydrogen-bond donors (Lipinski definition) is 2. The van der Waals surface area contributed by atoms with Gasteiger partial charge in [-0.15, -0.1) is 0 Å². The number of nitrogens with one attached hydrogen (secondary N) is 1. The second kappa shape index (κ2) is 5.66. The molecule has 0 unspecified atom stereocenters. The first-order valence-electron chi connectivity index (χ1n) is 5.43. The van der Waals surface area contributed by atoms with Crippen LogP contribution >= 0.6 is 11.6 Å². The van der Waals surface area contributed by atoms with E-state index in [0.717, 1.165) is 17.1 Å². The van der Waals surface area contributed by atoms with E-state index in [2.05, 4.69) is 10.3 Å². The van der Waals surface area contributed by atoms with Crippen LogP contribution in [0.2, 0.25) is 5.02 Å². The first-order chi connectivity index (χ1) is 8.29. The molecule has 0 aliphatic carbocycles. The second-order valence-corrected chi connectivity index (χ2v) is 4.06. The van der Waals surface area contributed by atoms with Crippen molar-refractivity contribution in [1.82, 2.24) is 4.98 Å². The van der Waals surface area contributed by atoms with Gasteiger partial charge in [-0.2, -0.15) is 0 Å². The van der Waals surface area contributed by atoms with Crippen molar-refractivity contribution in [2.24, 2.45) is 5.73 Å². The Morgan fingerprint density at radius 1 is 1.06 bits per heavy atom. The highest BCUT2D eigenvalue weighted by Gasteiger charge is 2.00. The number of halogens is 1. The first kappa shape index (κ1) is 11.9. The zero-order valence-electron chi connectivity index (χ0n) is 9.36. The molecule has 4 heteroatoms. The van der Waals surface area contributed by atoms with Gasteiger partial charge in [0.15, 0.2) is 0 Å². The molecule has 3 nitrogen and oxygen atoms in total. The molecule has 0 radical (unpaired) electrons. The van der Waals surface area contributed by atoms with Crippen molar-refractivity contribution in [3.8, 4) is 0 Å². The summed E-state index contributed by atoms with van der Waals surface area (Å²) in [5.41, 5.74) is 8.30. The molecule has 3 N–H and O–H groups in total. The third-order valence-corrected chi connectivity index (χ3v) is 2.74. The zero-order chi connectivity index (χ0) is 12.1. The molecule has 0 atom stereocenters. The molecule has 0 saturated heterocycles. The molecule has 0 amide bonds. The summed E-state index contributed by atoms with van der Waals surface area (Å²) in [5, 5.41) is 3.96. The van der Waals surface area contributed by atoms with Crippen LogP contribution in [0.3, 0.4) is 0 Å². The van der Waals surface area contributed by atoms with Gasteiger partial charge < -0.3 is 11.1 Å². The summed E-state index contributed by atoms with van der Waals surface area (Å²) in [5.74, 6) is 0. The fourth-order valence-electron chi connectivity index (χ4n) is 1.53. The summed E-state index contributed by atoms with van der Waals surface area (Å²) in [6.07, 6.45) is 0. The largest absolute Gasteiger partial charge is 0.378 e. The van der Waals surface area contributed by atoms with Crippen molar-refractivity contribution in [3.63, 3.8) is 0 Å². The minimum Gasteiger partial charge on any atom is -0.378 e. The number of benzene rings is 1. The topological polar surface area (TPSA) is 50.9 Å². The molecule has 2 aromatic rings. The summed E-state index contributed by atoms with van der Waals surface area (Å²) < 4.78 is 0. The smallest absolute Gasteiger partial charge is 0.0637 e. The van der Waals surface area contributed by atoms with Crippen LogP contribution in [0.5, 0.6) is 0 Å². The Labute approximate surface area is 106 Å². The second-order valence-electron chi connectivity index (χ2n) is 3.66. The molecule has 0 fully saturated rings. The molecule has 88 valence electrons. The van der Waals surface area contributed by atoms with Gasteiger partial charge in [0.1, 0.15) is 0 Å². The van der Waals surface area contributed by atoms with Crippen molar-refractivity contribution < 1.29 is 0 Å².